The van der Waals surface area contributed by atoms with E-state index in [4.69, 9.17) is 16.9 Å². The van der Waals surface area contributed by atoms with Crippen molar-refractivity contribution in [1.29, 1.82) is 5.26 Å². The molecule has 0 aliphatic heterocycles. The number of hydrogen-bond acceptors (Lipinski definition) is 2. The van der Waals surface area contributed by atoms with Gasteiger partial charge < -0.3 is 0 Å². The number of nitrogens with zero attached hydrogens (tertiary/aromatic N) is 1. The van der Waals surface area contributed by atoms with E-state index in [0.29, 0.717) is 10.6 Å². The van der Waals surface area contributed by atoms with Crippen LogP contribution in [0.5, 0.6) is 0 Å². The summed E-state index contributed by atoms with van der Waals surface area (Å²) in [7, 11) is 0. The molecule has 0 saturated heterocycles. The van der Waals surface area contributed by atoms with E-state index in [1.54, 1.807) is 24.3 Å². The molecule has 2 unspecified atom stereocenters. The molecule has 0 saturated carbocycles. The molecule has 0 fully saturated rings. The number of rotatable bonds is 5. The molecule has 1 rings (SSSR count). The second-order valence-electron chi connectivity index (χ2n) is 4.23. The first-order valence-corrected chi connectivity index (χ1v) is 6.14. The van der Waals surface area contributed by atoms with Crippen LogP contribution in [0.15, 0.2) is 24.3 Å². The van der Waals surface area contributed by atoms with Crippen LogP contribution in [0.2, 0.25) is 5.02 Å². The molecule has 2 atom stereocenters. The van der Waals surface area contributed by atoms with E-state index >= 15 is 0 Å². The monoisotopic (exact) mass is 249 g/mol. The van der Waals surface area contributed by atoms with Gasteiger partial charge in [-0.1, -0.05) is 31.9 Å². The zero-order chi connectivity index (χ0) is 12.8. The van der Waals surface area contributed by atoms with Crippen molar-refractivity contribution in [3.63, 3.8) is 0 Å². The Labute approximate surface area is 107 Å². The molecule has 0 bridgehead atoms. The molecule has 0 amide bonds. The fourth-order valence-corrected chi connectivity index (χ4v) is 1.89. The van der Waals surface area contributed by atoms with Crippen molar-refractivity contribution in [1.82, 2.24) is 0 Å². The quantitative estimate of drug-likeness (QED) is 0.737. The van der Waals surface area contributed by atoms with Crippen LogP contribution >= 0.6 is 11.6 Å². The molecule has 0 heterocycles. The summed E-state index contributed by atoms with van der Waals surface area (Å²) in [6.07, 6.45) is 1.17. The summed E-state index contributed by atoms with van der Waals surface area (Å²) < 4.78 is 0. The van der Waals surface area contributed by atoms with Gasteiger partial charge in [0.15, 0.2) is 5.78 Å². The molecule has 1 aromatic rings. The predicted octanol–water partition coefficient (Wildman–Crippen LogP) is 4.10. The van der Waals surface area contributed by atoms with E-state index < -0.39 is 0 Å². The highest BCUT2D eigenvalue weighted by molar-refractivity contribution is 6.30. The van der Waals surface area contributed by atoms with E-state index in [-0.39, 0.29) is 24.0 Å². The van der Waals surface area contributed by atoms with E-state index in [9.17, 15) is 4.79 Å². The number of ketones is 1. The van der Waals surface area contributed by atoms with Gasteiger partial charge in [-0.25, -0.2) is 0 Å². The summed E-state index contributed by atoms with van der Waals surface area (Å²) in [5, 5.41) is 9.41. The Morgan fingerprint density at radius 1 is 1.41 bits per heavy atom. The standard InChI is InChI=1S/C14H16ClNO/c1-3-10(2)13(8-9-16)14(17)11-4-6-12(15)7-5-11/h4-7,10,13H,3,8H2,1-2H3. The van der Waals surface area contributed by atoms with Crippen LogP contribution in [-0.2, 0) is 0 Å². The molecule has 2 nitrogen and oxygen atoms in total. The molecule has 3 heteroatoms. The normalized spacial score (nSPS) is 13.8. The largest absolute Gasteiger partial charge is 0.294 e. The third-order valence-electron chi connectivity index (χ3n) is 3.11. The van der Waals surface area contributed by atoms with Crippen molar-refractivity contribution >= 4 is 17.4 Å². The number of Topliss-reactive ketones (excluding diaryl/α,β-unsaturated/α-hetero) is 1. The average Bonchev–Trinajstić information content (AvgIpc) is 2.35. The fraction of sp³-hybridized carbons (Fsp3) is 0.429. The van der Waals surface area contributed by atoms with Crippen molar-refractivity contribution < 1.29 is 4.79 Å². The maximum absolute atomic E-state index is 12.3. The Balaban J connectivity index is 2.92. The van der Waals surface area contributed by atoms with Crippen LogP contribution in [0.25, 0.3) is 0 Å². The molecule has 1 aromatic carbocycles. The minimum atomic E-state index is -0.217. The summed E-state index contributed by atoms with van der Waals surface area (Å²) in [6.45, 7) is 4.04. The highest BCUT2D eigenvalue weighted by Crippen LogP contribution is 2.24. The SMILES string of the molecule is CCC(C)C(CC#N)C(=O)c1ccc(Cl)cc1. The van der Waals surface area contributed by atoms with E-state index in [1.165, 1.54) is 0 Å². The summed E-state index contributed by atoms with van der Waals surface area (Å²) in [4.78, 5) is 12.3. The molecule has 0 N–H and O–H groups in total. The molecule has 17 heavy (non-hydrogen) atoms. The average molecular weight is 250 g/mol. The summed E-state index contributed by atoms with van der Waals surface area (Å²) >= 11 is 5.78. The van der Waals surface area contributed by atoms with Crippen LogP contribution in [0.3, 0.4) is 0 Å². The smallest absolute Gasteiger partial charge is 0.167 e. The first-order chi connectivity index (χ1) is 8.10. The lowest BCUT2D eigenvalue weighted by molar-refractivity contribution is 0.0879. The van der Waals surface area contributed by atoms with Gasteiger partial charge in [-0.15, -0.1) is 0 Å². The number of benzene rings is 1. The lowest BCUT2D eigenvalue weighted by atomic mass is 9.83. The number of carbonyl (C=O) groups is 1. The van der Waals surface area contributed by atoms with Gasteiger partial charge in [0.1, 0.15) is 0 Å². The number of halogens is 1. The van der Waals surface area contributed by atoms with Crippen LogP contribution in [0.4, 0.5) is 0 Å². The molecular formula is C14H16ClNO. The second kappa shape index (κ2) is 6.42. The minimum absolute atomic E-state index is 0.0394. The fourth-order valence-electron chi connectivity index (χ4n) is 1.76. The van der Waals surface area contributed by atoms with Gasteiger partial charge in [-0.3, -0.25) is 4.79 Å². The molecule has 90 valence electrons. The minimum Gasteiger partial charge on any atom is -0.294 e. The van der Waals surface area contributed by atoms with Crippen LogP contribution in [-0.4, -0.2) is 5.78 Å². The maximum Gasteiger partial charge on any atom is 0.167 e. The van der Waals surface area contributed by atoms with Crippen LogP contribution < -0.4 is 0 Å². The highest BCUT2D eigenvalue weighted by atomic mass is 35.5. The first kappa shape index (κ1) is 13.7. The third kappa shape index (κ3) is 3.57. The van der Waals surface area contributed by atoms with Crippen molar-refractivity contribution in [2.24, 2.45) is 11.8 Å². The second-order valence-corrected chi connectivity index (χ2v) is 4.66. The predicted molar refractivity (Wildman–Crippen MR) is 69.0 cm³/mol. The Morgan fingerprint density at radius 3 is 2.47 bits per heavy atom. The zero-order valence-corrected chi connectivity index (χ0v) is 10.9. The molecule has 0 aromatic heterocycles. The zero-order valence-electron chi connectivity index (χ0n) is 10.1. The van der Waals surface area contributed by atoms with Crippen LogP contribution in [0, 0.1) is 23.2 Å². The Kier molecular flexibility index (Phi) is 5.18. The van der Waals surface area contributed by atoms with Gasteiger partial charge in [0.05, 0.1) is 6.07 Å². The maximum atomic E-state index is 12.3. The van der Waals surface area contributed by atoms with Crippen molar-refractivity contribution in [3.8, 4) is 6.07 Å². The summed E-state index contributed by atoms with van der Waals surface area (Å²) in [5.74, 6) is 0.0431. The van der Waals surface area contributed by atoms with Gasteiger partial charge in [-0.2, -0.15) is 5.26 Å². The van der Waals surface area contributed by atoms with Crippen molar-refractivity contribution in [2.75, 3.05) is 0 Å². The molecular weight excluding hydrogens is 234 g/mol. The Hall–Kier alpha value is -1.33. The number of hydrogen-bond donors (Lipinski definition) is 0. The van der Waals surface area contributed by atoms with E-state index in [0.717, 1.165) is 6.42 Å². The van der Waals surface area contributed by atoms with Crippen LogP contribution in [0.1, 0.15) is 37.0 Å². The molecule has 0 aliphatic carbocycles. The lowest BCUT2D eigenvalue weighted by Gasteiger charge is -2.19. The Morgan fingerprint density at radius 2 is 2.00 bits per heavy atom. The van der Waals surface area contributed by atoms with Crippen molar-refractivity contribution in [3.05, 3.63) is 34.9 Å². The molecule has 0 aliphatic rings. The van der Waals surface area contributed by atoms with E-state index in [1.807, 2.05) is 13.8 Å². The number of nitriles is 1. The number of carbonyl (C=O) groups excluding carboxylic acids is 1. The van der Waals surface area contributed by atoms with Gasteiger partial charge in [0.25, 0.3) is 0 Å². The van der Waals surface area contributed by atoms with Gasteiger partial charge >= 0.3 is 0 Å². The molecule has 0 spiro atoms. The third-order valence-corrected chi connectivity index (χ3v) is 3.36. The van der Waals surface area contributed by atoms with E-state index in [2.05, 4.69) is 6.07 Å². The summed E-state index contributed by atoms with van der Waals surface area (Å²) in [6, 6.07) is 8.94. The van der Waals surface area contributed by atoms with Gasteiger partial charge in [0.2, 0.25) is 0 Å². The van der Waals surface area contributed by atoms with Gasteiger partial charge in [0, 0.05) is 22.9 Å². The first-order valence-electron chi connectivity index (χ1n) is 5.76. The highest BCUT2D eigenvalue weighted by Gasteiger charge is 2.24. The van der Waals surface area contributed by atoms with Gasteiger partial charge in [-0.05, 0) is 30.2 Å². The molecule has 0 radical (unpaired) electrons. The lowest BCUT2D eigenvalue weighted by Crippen LogP contribution is -2.21. The van der Waals surface area contributed by atoms with Crippen molar-refractivity contribution in [2.45, 2.75) is 26.7 Å². The topological polar surface area (TPSA) is 40.9 Å². The summed E-state index contributed by atoms with van der Waals surface area (Å²) in [5.41, 5.74) is 0.634. The Bertz CT molecular complexity index is 419.